The molecule has 0 aliphatic carbocycles. The van der Waals surface area contributed by atoms with Crippen LogP contribution in [-0.2, 0) is 0 Å². The lowest BCUT2D eigenvalue weighted by Gasteiger charge is -2.35. The van der Waals surface area contributed by atoms with Crippen LogP contribution in [0.4, 0.5) is 4.79 Å². The van der Waals surface area contributed by atoms with Gasteiger partial charge in [0, 0.05) is 19.6 Å². The summed E-state index contributed by atoms with van der Waals surface area (Å²) < 4.78 is 0. The molecule has 0 N–H and O–H groups in total. The van der Waals surface area contributed by atoms with Gasteiger partial charge in [0.25, 0.3) is 0 Å². The molecule has 3 heteroatoms. The fourth-order valence-corrected chi connectivity index (χ4v) is 2.16. The second-order valence-electron chi connectivity index (χ2n) is 4.33. The zero-order valence-electron chi connectivity index (χ0n) is 11.0. The fourth-order valence-electron chi connectivity index (χ4n) is 2.16. The van der Waals surface area contributed by atoms with E-state index in [1.807, 2.05) is 30.3 Å². The first-order chi connectivity index (χ1) is 9.27. The number of carbonyl (C=O) groups excluding carboxylic acids is 1. The van der Waals surface area contributed by atoms with Crippen molar-refractivity contribution in [3.63, 3.8) is 0 Å². The molecule has 19 heavy (non-hydrogen) atoms. The Morgan fingerprint density at radius 3 is 2.42 bits per heavy atom. The van der Waals surface area contributed by atoms with Crippen LogP contribution < -0.4 is 0 Å². The number of urea groups is 1. The minimum atomic E-state index is 0.00107. The molecule has 1 aromatic carbocycles. The van der Waals surface area contributed by atoms with Gasteiger partial charge in [0.15, 0.2) is 0 Å². The molecule has 1 aliphatic rings. The molecule has 0 aromatic heterocycles. The van der Waals surface area contributed by atoms with E-state index in [2.05, 4.69) is 19.2 Å². The summed E-state index contributed by atoms with van der Waals surface area (Å²) in [6.45, 7) is 9.09. The van der Waals surface area contributed by atoms with E-state index in [0.717, 1.165) is 11.3 Å². The lowest BCUT2D eigenvalue weighted by molar-refractivity contribution is 0.181. The van der Waals surface area contributed by atoms with E-state index in [4.69, 9.17) is 0 Å². The van der Waals surface area contributed by atoms with E-state index in [1.54, 1.807) is 22.0 Å². The number of carbonyl (C=O) groups is 1. The summed E-state index contributed by atoms with van der Waals surface area (Å²) in [4.78, 5) is 15.9. The second-order valence-corrected chi connectivity index (χ2v) is 4.33. The largest absolute Gasteiger partial charge is 0.325 e. The van der Waals surface area contributed by atoms with Crippen molar-refractivity contribution in [1.29, 1.82) is 0 Å². The average Bonchev–Trinajstić information content (AvgIpc) is 2.45. The first-order valence-corrected chi connectivity index (χ1v) is 6.31. The van der Waals surface area contributed by atoms with Gasteiger partial charge in [-0.3, -0.25) is 4.90 Å². The Hall–Kier alpha value is -2.29. The molecule has 0 atom stereocenters. The van der Waals surface area contributed by atoms with Crippen molar-refractivity contribution in [1.82, 2.24) is 9.80 Å². The van der Waals surface area contributed by atoms with Gasteiger partial charge >= 0.3 is 6.03 Å². The molecule has 0 bridgehead atoms. The van der Waals surface area contributed by atoms with E-state index in [1.165, 1.54) is 0 Å². The lowest BCUT2D eigenvalue weighted by Crippen LogP contribution is -2.45. The molecule has 0 saturated heterocycles. The normalized spacial score (nSPS) is 15.2. The first-order valence-electron chi connectivity index (χ1n) is 6.31. The Bertz CT molecular complexity index is 505. The molecule has 1 heterocycles. The molecule has 0 radical (unpaired) electrons. The Balaban J connectivity index is 2.33. The van der Waals surface area contributed by atoms with Crippen molar-refractivity contribution in [3.8, 4) is 0 Å². The highest BCUT2D eigenvalue weighted by atomic mass is 16.2. The Morgan fingerprint density at radius 2 is 1.79 bits per heavy atom. The maximum absolute atomic E-state index is 12.4. The molecular weight excluding hydrogens is 236 g/mol. The van der Waals surface area contributed by atoms with Crippen molar-refractivity contribution in [3.05, 3.63) is 67.3 Å². The molecule has 3 nitrogen and oxygen atoms in total. The number of benzene rings is 1. The van der Waals surface area contributed by atoms with E-state index in [9.17, 15) is 4.79 Å². The van der Waals surface area contributed by atoms with Crippen molar-refractivity contribution in [2.75, 3.05) is 19.6 Å². The van der Waals surface area contributed by atoms with Crippen molar-refractivity contribution < 1.29 is 4.79 Å². The van der Waals surface area contributed by atoms with Gasteiger partial charge in [-0.15, -0.1) is 13.2 Å². The number of rotatable bonds is 5. The predicted molar refractivity (Wildman–Crippen MR) is 78.5 cm³/mol. The van der Waals surface area contributed by atoms with Crippen molar-refractivity contribution in [2.24, 2.45) is 0 Å². The summed E-state index contributed by atoms with van der Waals surface area (Å²) in [7, 11) is 0. The summed E-state index contributed by atoms with van der Waals surface area (Å²) in [5.74, 6) is 0. The number of hydrogen-bond donors (Lipinski definition) is 0. The number of hydrogen-bond acceptors (Lipinski definition) is 1. The van der Waals surface area contributed by atoms with Crippen LogP contribution >= 0.6 is 0 Å². The Labute approximate surface area is 114 Å². The fraction of sp³-hybridized carbons (Fsp3) is 0.188. The van der Waals surface area contributed by atoms with Crippen LogP contribution in [0.2, 0.25) is 0 Å². The van der Waals surface area contributed by atoms with Crippen molar-refractivity contribution in [2.45, 2.75) is 0 Å². The molecule has 2 amide bonds. The summed E-state index contributed by atoms with van der Waals surface area (Å²) in [5, 5.41) is 0. The number of amides is 2. The average molecular weight is 254 g/mol. The molecule has 1 aliphatic heterocycles. The van der Waals surface area contributed by atoms with Crippen LogP contribution in [0.15, 0.2) is 61.7 Å². The standard InChI is InChI=1S/C16H18N2O/c1-3-11-17-13-10-15(14-8-6-5-7-9-14)18(12-4-2)16(17)19/h3-10H,1-2,11-13H2. The zero-order chi connectivity index (χ0) is 13.7. The van der Waals surface area contributed by atoms with Gasteiger partial charge in [-0.2, -0.15) is 0 Å². The molecule has 98 valence electrons. The first kappa shape index (κ1) is 13.1. The molecule has 0 unspecified atom stereocenters. The summed E-state index contributed by atoms with van der Waals surface area (Å²) >= 11 is 0. The summed E-state index contributed by atoms with van der Waals surface area (Å²) in [6, 6.07) is 9.94. The van der Waals surface area contributed by atoms with Gasteiger partial charge in [-0.25, -0.2) is 4.79 Å². The van der Waals surface area contributed by atoms with Crippen LogP contribution in [-0.4, -0.2) is 35.5 Å². The van der Waals surface area contributed by atoms with Crippen LogP contribution in [0.3, 0.4) is 0 Å². The molecule has 0 spiro atoms. The Morgan fingerprint density at radius 1 is 1.11 bits per heavy atom. The maximum atomic E-state index is 12.4. The molecule has 0 saturated carbocycles. The van der Waals surface area contributed by atoms with E-state index in [0.29, 0.717) is 19.6 Å². The third-order valence-electron chi connectivity index (χ3n) is 3.03. The van der Waals surface area contributed by atoms with Gasteiger partial charge in [0.2, 0.25) is 0 Å². The van der Waals surface area contributed by atoms with Crippen LogP contribution in [0, 0.1) is 0 Å². The predicted octanol–water partition coefficient (Wildman–Crippen LogP) is 3.14. The maximum Gasteiger partial charge on any atom is 0.325 e. The topological polar surface area (TPSA) is 23.6 Å². The SMILES string of the molecule is C=CCN1CC=C(c2ccccc2)N(CC=C)C1=O. The minimum absolute atomic E-state index is 0.00107. The van der Waals surface area contributed by atoms with Gasteiger partial charge in [0.05, 0.1) is 5.70 Å². The quantitative estimate of drug-likeness (QED) is 0.740. The highest BCUT2D eigenvalue weighted by molar-refractivity contribution is 5.88. The van der Waals surface area contributed by atoms with E-state index >= 15 is 0 Å². The third kappa shape index (κ3) is 2.76. The van der Waals surface area contributed by atoms with Crippen LogP contribution in [0.25, 0.3) is 5.70 Å². The second kappa shape index (κ2) is 6.05. The smallest absolute Gasteiger partial charge is 0.317 e. The molecule has 2 rings (SSSR count). The molecule has 1 aromatic rings. The summed E-state index contributed by atoms with van der Waals surface area (Å²) in [6.07, 6.45) is 5.56. The van der Waals surface area contributed by atoms with Crippen LogP contribution in [0.5, 0.6) is 0 Å². The third-order valence-corrected chi connectivity index (χ3v) is 3.03. The molecular formula is C16H18N2O. The van der Waals surface area contributed by atoms with E-state index in [-0.39, 0.29) is 6.03 Å². The van der Waals surface area contributed by atoms with Gasteiger partial charge in [-0.1, -0.05) is 42.5 Å². The monoisotopic (exact) mass is 254 g/mol. The molecule has 0 fully saturated rings. The highest BCUT2D eigenvalue weighted by Gasteiger charge is 2.26. The minimum Gasteiger partial charge on any atom is -0.317 e. The summed E-state index contributed by atoms with van der Waals surface area (Å²) in [5.41, 5.74) is 2.00. The van der Waals surface area contributed by atoms with Crippen molar-refractivity contribution >= 4 is 11.7 Å². The van der Waals surface area contributed by atoms with Gasteiger partial charge in [0.1, 0.15) is 0 Å². The Kier molecular flexibility index (Phi) is 4.18. The lowest BCUT2D eigenvalue weighted by atomic mass is 10.1. The van der Waals surface area contributed by atoms with Gasteiger partial charge < -0.3 is 4.90 Å². The number of nitrogens with zero attached hydrogens (tertiary/aromatic N) is 2. The zero-order valence-corrected chi connectivity index (χ0v) is 11.0. The van der Waals surface area contributed by atoms with Crippen LogP contribution in [0.1, 0.15) is 5.56 Å². The van der Waals surface area contributed by atoms with Gasteiger partial charge in [-0.05, 0) is 11.6 Å². The van der Waals surface area contributed by atoms with E-state index < -0.39 is 0 Å². The highest BCUT2D eigenvalue weighted by Crippen LogP contribution is 2.24.